The van der Waals surface area contributed by atoms with E-state index in [1.807, 2.05) is 24.3 Å². The summed E-state index contributed by atoms with van der Waals surface area (Å²) >= 11 is 0. The molecule has 112 valence electrons. The average molecular weight is 289 g/mol. The number of fused-ring (bicyclic) bond motifs is 1. The standard InChI is InChI=1S/C15H19N3O3/c1-20-14(19)11-17-7-4-8-18(10-9-17)15-16-12-5-2-3-6-13(12)21-15/h2-3,5-6H,4,7-11H2,1H3. The lowest BCUT2D eigenvalue weighted by atomic mass is 10.3. The Morgan fingerprint density at radius 2 is 2.14 bits per heavy atom. The summed E-state index contributed by atoms with van der Waals surface area (Å²) < 4.78 is 10.5. The first-order chi connectivity index (χ1) is 10.3. The Balaban J connectivity index is 1.68. The minimum atomic E-state index is -0.190. The summed E-state index contributed by atoms with van der Waals surface area (Å²) in [6, 6.07) is 8.43. The van der Waals surface area contributed by atoms with Crippen LogP contribution in [0.1, 0.15) is 6.42 Å². The van der Waals surface area contributed by atoms with Crippen molar-refractivity contribution in [3.8, 4) is 0 Å². The number of nitrogens with zero attached hydrogens (tertiary/aromatic N) is 3. The molecule has 2 heterocycles. The maximum absolute atomic E-state index is 11.4. The first kappa shape index (κ1) is 13.9. The van der Waals surface area contributed by atoms with Crippen molar-refractivity contribution >= 4 is 23.1 Å². The quantitative estimate of drug-likeness (QED) is 0.798. The van der Waals surface area contributed by atoms with Gasteiger partial charge in [-0.2, -0.15) is 4.98 Å². The highest BCUT2D eigenvalue weighted by Gasteiger charge is 2.20. The number of hydrogen-bond acceptors (Lipinski definition) is 6. The molecule has 1 aromatic heterocycles. The molecule has 21 heavy (non-hydrogen) atoms. The molecule has 2 aromatic rings. The zero-order chi connectivity index (χ0) is 14.7. The van der Waals surface area contributed by atoms with Gasteiger partial charge in [-0.05, 0) is 18.6 Å². The molecule has 0 amide bonds. The van der Waals surface area contributed by atoms with Crippen LogP contribution in [0.15, 0.2) is 28.7 Å². The van der Waals surface area contributed by atoms with E-state index in [1.54, 1.807) is 0 Å². The molecule has 0 atom stereocenters. The molecule has 0 radical (unpaired) electrons. The van der Waals surface area contributed by atoms with Crippen LogP contribution in [0.25, 0.3) is 11.1 Å². The summed E-state index contributed by atoms with van der Waals surface area (Å²) in [6.07, 6.45) is 0.968. The number of oxazole rings is 1. The Morgan fingerprint density at radius 3 is 2.95 bits per heavy atom. The Kier molecular flexibility index (Phi) is 4.06. The second-order valence-electron chi connectivity index (χ2n) is 5.16. The van der Waals surface area contributed by atoms with Crippen molar-refractivity contribution < 1.29 is 13.9 Å². The number of benzene rings is 1. The molecule has 6 nitrogen and oxygen atoms in total. The summed E-state index contributed by atoms with van der Waals surface area (Å²) in [6.45, 7) is 3.70. The van der Waals surface area contributed by atoms with Crippen molar-refractivity contribution in [1.82, 2.24) is 9.88 Å². The van der Waals surface area contributed by atoms with E-state index in [4.69, 9.17) is 9.15 Å². The molecule has 1 aliphatic heterocycles. The van der Waals surface area contributed by atoms with Crippen LogP contribution in [0, 0.1) is 0 Å². The fourth-order valence-corrected chi connectivity index (χ4v) is 2.56. The average Bonchev–Trinajstić information content (AvgIpc) is 2.80. The van der Waals surface area contributed by atoms with Crippen LogP contribution in [-0.4, -0.2) is 55.7 Å². The third-order valence-electron chi connectivity index (χ3n) is 3.72. The van der Waals surface area contributed by atoms with Gasteiger partial charge in [0.25, 0.3) is 6.01 Å². The SMILES string of the molecule is COC(=O)CN1CCCN(c2nc3ccccc3o2)CC1. The molecule has 0 unspecified atom stereocenters. The maximum Gasteiger partial charge on any atom is 0.319 e. The Hall–Kier alpha value is -2.08. The molecule has 0 aliphatic carbocycles. The van der Waals surface area contributed by atoms with E-state index in [9.17, 15) is 4.79 Å². The van der Waals surface area contributed by atoms with Crippen LogP contribution < -0.4 is 4.90 Å². The van der Waals surface area contributed by atoms with Gasteiger partial charge in [0.15, 0.2) is 5.58 Å². The maximum atomic E-state index is 11.4. The summed E-state index contributed by atoms with van der Waals surface area (Å²) in [7, 11) is 1.42. The van der Waals surface area contributed by atoms with Crippen LogP contribution in [0.2, 0.25) is 0 Å². The molecule has 1 fully saturated rings. The number of hydrogen-bond donors (Lipinski definition) is 0. The number of para-hydroxylation sites is 2. The lowest BCUT2D eigenvalue weighted by Crippen LogP contribution is -2.34. The summed E-state index contributed by atoms with van der Waals surface area (Å²) in [5, 5.41) is 0. The van der Waals surface area contributed by atoms with Crippen molar-refractivity contribution in [2.45, 2.75) is 6.42 Å². The highest BCUT2D eigenvalue weighted by atomic mass is 16.5. The van der Waals surface area contributed by atoms with Crippen molar-refractivity contribution in [2.75, 3.05) is 44.7 Å². The van der Waals surface area contributed by atoms with Gasteiger partial charge in [-0.3, -0.25) is 9.69 Å². The number of methoxy groups -OCH3 is 1. The minimum Gasteiger partial charge on any atom is -0.468 e. The van der Waals surface area contributed by atoms with Crippen molar-refractivity contribution in [3.05, 3.63) is 24.3 Å². The summed E-state index contributed by atoms with van der Waals surface area (Å²) in [5.74, 6) is -0.190. The molecule has 1 aliphatic rings. The Bertz CT molecular complexity index is 592. The van der Waals surface area contributed by atoms with E-state index < -0.39 is 0 Å². The molecule has 0 spiro atoms. The number of aromatic nitrogens is 1. The molecule has 1 saturated heterocycles. The summed E-state index contributed by atoms with van der Waals surface area (Å²) in [4.78, 5) is 20.1. The van der Waals surface area contributed by atoms with Crippen LogP contribution in [0.3, 0.4) is 0 Å². The minimum absolute atomic E-state index is 0.190. The lowest BCUT2D eigenvalue weighted by Gasteiger charge is -2.19. The predicted octanol–water partition coefficient (Wildman–Crippen LogP) is 1.51. The zero-order valence-corrected chi connectivity index (χ0v) is 12.1. The molecular formula is C15H19N3O3. The molecule has 0 saturated carbocycles. The fraction of sp³-hybridized carbons (Fsp3) is 0.467. The van der Waals surface area contributed by atoms with E-state index in [0.717, 1.165) is 43.7 Å². The molecule has 1 aromatic carbocycles. The van der Waals surface area contributed by atoms with Gasteiger partial charge in [0.2, 0.25) is 0 Å². The van der Waals surface area contributed by atoms with Crippen LogP contribution in [0.4, 0.5) is 6.01 Å². The van der Waals surface area contributed by atoms with Gasteiger partial charge < -0.3 is 14.1 Å². The van der Waals surface area contributed by atoms with Gasteiger partial charge in [0, 0.05) is 26.2 Å². The smallest absolute Gasteiger partial charge is 0.319 e. The second-order valence-corrected chi connectivity index (χ2v) is 5.16. The van der Waals surface area contributed by atoms with Gasteiger partial charge in [-0.25, -0.2) is 0 Å². The van der Waals surface area contributed by atoms with E-state index >= 15 is 0 Å². The lowest BCUT2D eigenvalue weighted by molar-refractivity contribution is -0.141. The summed E-state index contributed by atoms with van der Waals surface area (Å²) in [5.41, 5.74) is 1.69. The van der Waals surface area contributed by atoms with E-state index in [-0.39, 0.29) is 5.97 Å². The predicted molar refractivity (Wildman–Crippen MR) is 79.3 cm³/mol. The number of ether oxygens (including phenoxy) is 1. The fourth-order valence-electron chi connectivity index (χ4n) is 2.56. The molecular weight excluding hydrogens is 270 g/mol. The first-order valence-electron chi connectivity index (χ1n) is 7.16. The Labute approximate surface area is 123 Å². The normalized spacial score (nSPS) is 16.9. The zero-order valence-electron chi connectivity index (χ0n) is 12.1. The largest absolute Gasteiger partial charge is 0.468 e. The molecule has 6 heteroatoms. The van der Waals surface area contributed by atoms with E-state index in [2.05, 4.69) is 14.8 Å². The van der Waals surface area contributed by atoms with E-state index in [1.165, 1.54) is 7.11 Å². The second kappa shape index (κ2) is 6.13. The van der Waals surface area contributed by atoms with E-state index in [0.29, 0.717) is 12.6 Å². The van der Waals surface area contributed by atoms with Crippen LogP contribution in [-0.2, 0) is 9.53 Å². The van der Waals surface area contributed by atoms with Gasteiger partial charge in [-0.1, -0.05) is 12.1 Å². The van der Waals surface area contributed by atoms with Gasteiger partial charge in [0.05, 0.1) is 13.7 Å². The molecule has 0 N–H and O–H groups in total. The third-order valence-corrected chi connectivity index (χ3v) is 3.72. The Morgan fingerprint density at radius 1 is 1.29 bits per heavy atom. The number of rotatable bonds is 3. The number of carbonyl (C=O) groups excluding carboxylic acids is 1. The third kappa shape index (κ3) is 3.16. The highest BCUT2D eigenvalue weighted by molar-refractivity contribution is 5.74. The topological polar surface area (TPSA) is 58.8 Å². The number of carbonyl (C=O) groups is 1. The number of esters is 1. The first-order valence-corrected chi connectivity index (χ1v) is 7.16. The van der Waals surface area contributed by atoms with Gasteiger partial charge in [0.1, 0.15) is 5.52 Å². The van der Waals surface area contributed by atoms with Gasteiger partial charge in [-0.15, -0.1) is 0 Å². The molecule has 0 bridgehead atoms. The number of anilines is 1. The van der Waals surface area contributed by atoms with Crippen LogP contribution >= 0.6 is 0 Å². The molecule has 3 rings (SSSR count). The van der Waals surface area contributed by atoms with Crippen LogP contribution in [0.5, 0.6) is 0 Å². The van der Waals surface area contributed by atoms with Crippen molar-refractivity contribution in [3.63, 3.8) is 0 Å². The van der Waals surface area contributed by atoms with Crippen molar-refractivity contribution in [2.24, 2.45) is 0 Å². The monoisotopic (exact) mass is 289 g/mol. The van der Waals surface area contributed by atoms with Crippen molar-refractivity contribution in [1.29, 1.82) is 0 Å². The highest BCUT2D eigenvalue weighted by Crippen LogP contribution is 2.22. The van der Waals surface area contributed by atoms with Gasteiger partial charge >= 0.3 is 5.97 Å².